The molecule has 0 aliphatic carbocycles. The number of aliphatic carboxylic acids is 1. The summed E-state index contributed by atoms with van der Waals surface area (Å²) in [5.74, 6) is -1.94. The van der Waals surface area contributed by atoms with Crippen LogP contribution in [0.3, 0.4) is 0 Å². The lowest BCUT2D eigenvalue weighted by Crippen LogP contribution is -2.34. The molecule has 1 aromatic rings. The van der Waals surface area contributed by atoms with Crippen molar-refractivity contribution in [1.29, 1.82) is 0 Å². The lowest BCUT2D eigenvalue weighted by molar-refractivity contribution is -0.140. The second-order valence-electron chi connectivity index (χ2n) is 2.82. The first kappa shape index (κ1) is 10.6. The van der Waals surface area contributed by atoms with Gasteiger partial charge >= 0.3 is 5.97 Å². The number of alkyl halides is 1. The fourth-order valence-electron chi connectivity index (χ4n) is 0.979. The van der Waals surface area contributed by atoms with Crippen LogP contribution in [-0.2, 0) is 4.79 Å². The third kappa shape index (κ3) is 2.26. The smallest absolute Gasteiger partial charge is 0.323 e. The van der Waals surface area contributed by atoms with Gasteiger partial charge in [-0.05, 0) is 17.7 Å². The zero-order valence-corrected chi connectivity index (χ0v) is 7.15. The lowest BCUT2D eigenvalue weighted by Gasteiger charge is -2.12. The van der Waals surface area contributed by atoms with Crippen LogP contribution in [0, 0.1) is 5.82 Å². The first-order valence-corrected chi connectivity index (χ1v) is 3.90. The Morgan fingerprint density at radius 3 is 2.29 bits per heavy atom. The highest BCUT2D eigenvalue weighted by atomic mass is 19.1. The fourth-order valence-corrected chi connectivity index (χ4v) is 0.979. The maximum atomic E-state index is 13.3. The molecule has 0 aromatic heterocycles. The van der Waals surface area contributed by atoms with Crippen molar-refractivity contribution in [2.75, 3.05) is 0 Å². The molecule has 0 saturated heterocycles. The van der Waals surface area contributed by atoms with E-state index in [1.807, 2.05) is 0 Å². The van der Waals surface area contributed by atoms with Crippen LogP contribution in [0.2, 0.25) is 0 Å². The molecule has 2 unspecified atom stereocenters. The molecule has 14 heavy (non-hydrogen) atoms. The molecule has 2 atom stereocenters. The molecule has 3 N–H and O–H groups in total. The first-order chi connectivity index (χ1) is 6.52. The quantitative estimate of drug-likeness (QED) is 0.773. The lowest BCUT2D eigenvalue weighted by atomic mass is 10.0. The van der Waals surface area contributed by atoms with E-state index in [-0.39, 0.29) is 5.56 Å². The second-order valence-corrected chi connectivity index (χ2v) is 2.82. The Bertz CT molecular complexity index is 326. The van der Waals surface area contributed by atoms with E-state index in [1.54, 1.807) is 0 Å². The van der Waals surface area contributed by atoms with Crippen LogP contribution in [0.15, 0.2) is 24.3 Å². The minimum Gasteiger partial charge on any atom is -0.480 e. The van der Waals surface area contributed by atoms with Gasteiger partial charge in [0.1, 0.15) is 11.9 Å². The van der Waals surface area contributed by atoms with Gasteiger partial charge in [0.15, 0.2) is 6.17 Å². The molecule has 0 aliphatic heterocycles. The summed E-state index contributed by atoms with van der Waals surface area (Å²) < 4.78 is 25.7. The van der Waals surface area contributed by atoms with Crippen molar-refractivity contribution in [2.24, 2.45) is 5.73 Å². The molecule has 0 aliphatic rings. The van der Waals surface area contributed by atoms with Gasteiger partial charge in [0.05, 0.1) is 0 Å². The minimum atomic E-state index is -1.83. The Balaban J connectivity index is 2.84. The molecule has 0 amide bonds. The highest BCUT2D eigenvalue weighted by Gasteiger charge is 2.25. The summed E-state index contributed by atoms with van der Waals surface area (Å²) in [6.45, 7) is 0. The van der Waals surface area contributed by atoms with E-state index in [4.69, 9.17) is 10.8 Å². The number of benzene rings is 1. The largest absolute Gasteiger partial charge is 0.480 e. The molecule has 1 rings (SSSR count). The summed E-state index contributed by atoms with van der Waals surface area (Å²) in [5.41, 5.74) is 5.12. The number of carboxylic acid groups (broad SMARTS) is 1. The van der Waals surface area contributed by atoms with Gasteiger partial charge in [-0.2, -0.15) is 0 Å². The minimum absolute atomic E-state index is 0.0568. The second kappa shape index (κ2) is 4.15. The van der Waals surface area contributed by atoms with E-state index in [1.165, 1.54) is 12.1 Å². The first-order valence-electron chi connectivity index (χ1n) is 3.90. The zero-order chi connectivity index (χ0) is 10.7. The van der Waals surface area contributed by atoms with Crippen LogP contribution in [0.25, 0.3) is 0 Å². The van der Waals surface area contributed by atoms with E-state index < -0.39 is 24.0 Å². The predicted octanol–water partition coefficient (Wildman–Crippen LogP) is 1.25. The zero-order valence-electron chi connectivity index (χ0n) is 7.15. The van der Waals surface area contributed by atoms with Gasteiger partial charge < -0.3 is 10.8 Å². The van der Waals surface area contributed by atoms with Gasteiger partial charge in [-0.25, -0.2) is 8.78 Å². The number of carbonyl (C=O) groups is 1. The number of rotatable bonds is 3. The van der Waals surface area contributed by atoms with Crippen molar-refractivity contribution in [3.8, 4) is 0 Å². The van der Waals surface area contributed by atoms with Crippen molar-refractivity contribution < 1.29 is 18.7 Å². The Morgan fingerprint density at radius 2 is 1.86 bits per heavy atom. The molecule has 5 heteroatoms. The standard InChI is InChI=1S/C9H9F2NO2/c10-6-3-1-5(2-4-6)7(11)8(12)9(13)14/h1-4,7-8H,12H2,(H,13,14). The van der Waals surface area contributed by atoms with Crippen molar-refractivity contribution in [2.45, 2.75) is 12.2 Å². The SMILES string of the molecule is NC(C(=O)O)C(F)c1ccc(F)cc1. The Labute approximate surface area is 79.2 Å². The van der Waals surface area contributed by atoms with Gasteiger partial charge in [0.2, 0.25) is 0 Å². The molecule has 0 spiro atoms. The van der Waals surface area contributed by atoms with Gasteiger partial charge in [-0.15, -0.1) is 0 Å². The van der Waals surface area contributed by atoms with Crippen molar-refractivity contribution in [3.05, 3.63) is 35.6 Å². The van der Waals surface area contributed by atoms with Crippen LogP contribution < -0.4 is 5.73 Å². The normalized spacial score (nSPS) is 14.8. The molecule has 0 bridgehead atoms. The molecular weight excluding hydrogens is 192 g/mol. The van der Waals surface area contributed by atoms with Crippen molar-refractivity contribution in [3.63, 3.8) is 0 Å². The van der Waals surface area contributed by atoms with E-state index in [0.717, 1.165) is 12.1 Å². The van der Waals surface area contributed by atoms with E-state index >= 15 is 0 Å². The molecule has 3 nitrogen and oxygen atoms in total. The summed E-state index contributed by atoms with van der Waals surface area (Å²) in [5, 5.41) is 8.43. The van der Waals surface area contributed by atoms with E-state index in [9.17, 15) is 13.6 Å². The summed E-state index contributed by atoms with van der Waals surface area (Å²) in [6.07, 6.45) is -1.83. The Hall–Kier alpha value is -1.49. The van der Waals surface area contributed by atoms with Crippen LogP contribution in [-0.4, -0.2) is 17.1 Å². The topological polar surface area (TPSA) is 63.3 Å². The Morgan fingerprint density at radius 1 is 1.36 bits per heavy atom. The number of halogens is 2. The molecule has 0 heterocycles. The predicted molar refractivity (Wildman–Crippen MR) is 45.9 cm³/mol. The third-order valence-electron chi connectivity index (χ3n) is 1.79. The average Bonchev–Trinajstić information content (AvgIpc) is 2.16. The van der Waals surface area contributed by atoms with Crippen LogP contribution in [0.4, 0.5) is 8.78 Å². The Kier molecular flexibility index (Phi) is 3.14. The molecule has 0 radical (unpaired) electrons. The monoisotopic (exact) mass is 201 g/mol. The number of carboxylic acids is 1. The van der Waals surface area contributed by atoms with E-state index in [0.29, 0.717) is 0 Å². The molecule has 1 aromatic carbocycles. The average molecular weight is 201 g/mol. The van der Waals surface area contributed by atoms with Gasteiger partial charge in [-0.1, -0.05) is 12.1 Å². The highest BCUT2D eigenvalue weighted by Crippen LogP contribution is 2.20. The van der Waals surface area contributed by atoms with Crippen molar-refractivity contribution in [1.82, 2.24) is 0 Å². The highest BCUT2D eigenvalue weighted by molar-refractivity contribution is 5.74. The molecule has 0 fully saturated rings. The molecular formula is C9H9F2NO2. The van der Waals surface area contributed by atoms with Gasteiger partial charge in [-0.3, -0.25) is 4.79 Å². The van der Waals surface area contributed by atoms with Gasteiger partial charge in [0, 0.05) is 0 Å². The van der Waals surface area contributed by atoms with Crippen LogP contribution in [0.5, 0.6) is 0 Å². The molecule has 76 valence electrons. The maximum absolute atomic E-state index is 13.3. The van der Waals surface area contributed by atoms with Crippen molar-refractivity contribution >= 4 is 5.97 Å². The van der Waals surface area contributed by atoms with Crippen LogP contribution in [0.1, 0.15) is 11.7 Å². The maximum Gasteiger partial charge on any atom is 0.323 e. The number of hydrogen-bond donors (Lipinski definition) is 2. The fraction of sp³-hybridized carbons (Fsp3) is 0.222. The third-order valence-corrected chi connectivity index (χ3v) is 1.79. The summed E-state index contributed by atoms with van der Waals surface area (Å²) in [7, 11) is 0. The van der Waals surface area contributed by atoms with E-state index in [2.05, 4.69) is 0 Å². The van der Waals surface area contributed by atoms with Gasteiger partial charge in [0.25, 0.3) is 0 Å². The summed E-state index contributed by atoms with van der Waals surface area (Å²) >= 11 is 0. The summed E-state index contributed by atoms with van der Waals surface area (Å²) in [6, 6.07) is 2.82. The number of nitrogens with two attached hydrogens (primary N) is 1. The van der Waals surface area contributed by atoms with Crippen LogP contribution >= 0.6 is 0 Å². The summed E-state index contributed by atoms with van der Waals surface area (Å²) in [4.78, 5) is 10.3. The molecule has 0 saturated carbocycles. The number of hydrogen-bond acceptors (Lipinski definition) is 2.